The highest BCUT2D eigenvalue weighted by molar-refractivity contribution is 8.00. The number of alkyl halides is 3. The minimum atomic E-state index is -4.32. The second kappa shape index (κ2) is 6.67. The van der Waals surface area contributed by atoms with Crippen LogP contribution in [-0.4, -0.2) is 0 Å². The van der Waals surface area contributed by atoms with Crippen LogP contribution in [-0.2, 0) is 17.1 Å². The van der Waals surface area contributed by atoms with Gasteiger partial charge in [-0.2, -0.15) is 13.2 Å². The highest BCUT2D eigenvalue weighted by atomic mass is 32.2. The Morgan fingerprint density at radius 1 is 0.826 bits per heavy atom. The Kier molecular flexibility index (Phi) is 4.62. The molecule has 0 nitrogen and oxygen atoms in total. The van der Waals surface area contributed by atoms with Crippen LogP contribution < -0.4 is 0 Å². The maximum absolute atomic E-state index is 13.1. The van der Waals surface area contributed by atoms with Gasteiger partial charge in [-0.25, -0.2) is 0 Å². The van der Waals surface area contributed by atoms with E-state index in [4.69, 9.17) is 0 Å². The Balaban J connectivity index is 2.09. The van der Waals surface area contributed by atoms with Crippen LogP contribution in [0.4, 0.5) is 13.2 Å². The van der Waals surface area contributed by atoms with Crippen LogP contribution in [0.5, 0.6) is 0 Å². The van der Waals surface area contributed by atoms with Crippen LogP contribution in [0.3, 0.4) is 0 Å². The molecule has 0 aromatic heterocycles. The number of benzene rings is 2. The summed E-state index contributed by atoms with van der Waals surface area (Å²) in [7, 11) is -0.508. The number of allylic oxidation sites excluding steroid dienone is 3. The molecule has 3 rings (SSSR count). The summed E-state index contributed by atoms with van der Waals surface area (Å²) >= 11 is 0. The van der Waals surface area contributed by atoms with E-state index in [9.17, 15) is 13.2 Å². The van der Waals surface area contributed by atoms with Gasteiger partial charge >= 0.3 is 6.18 Å². The summed E-state index contributed by atoms with van der Waals surface area (Å²) in [6.07, 6.45) is 3.86. The summed E-state index contributed by atoms with van der Waals surface area (Å²) in [6, 6.07) is 15.4. The Bertz CT molecular complexity index is 730. The average Bonchev–Trinajstić information content (AvgIpc) is 2.57. The molecule has 4 heteroatoms. The third kappa shape index (κ3) is 3.70. The molecule has 2 aromatic carbocycles. The highest BCUT2D eigenvalue weighted by Crippen LogP contribution is 2.36. The molecule has 1 unspecified atom stereocenters. The lowest BCUT2D eigenvalue weighted by Gasteiger charge is -2.12. The SMILES string of the molecule is FC(F)(F)c1cccc([S+](C2=CCCC=C2)c2ccccc2)c1. The normalized spacial score (nSPS) is 16.0. The van der Waals surface area contributed by atoms with Crippen molar-refractivity contribution in [3.8, 4) is 0 Å². The van der Waals surface area contributed by atoms with E-state index in [1.165, 1.54) is 12.1 Å². The van der Waals surface area contributed by atoms with Gasteiger partial charge in [0.2, 0.25) is 0 Å². The van der Waals surface area contributed by atoms with Gasteiger partial charge in [-0.3, -0.25) is 0 Å². The third-order valence-electron chi connectivity index (χ3n) is 3.57. The number of rotatable bonds is 3. The molecule has 23 heavy (non-hydrogen) atoms. The molecule has 0 aliphatic heterocycles. The van der Waals surface area contributed by atoms with Crippen molar-refractivity contribution in [2.24, 2.45) is 0 Å². The Hall–Kier alpha value is -1.94. The van der Waals surface area contributed by atoms with Crippen molar-refractivity contribution < 1.29 is 13.2 Å². The quantitative estimate of drug-likeness (QED) is 0.607. The molecular weight excluding hydrogens is 317 g/mol. The summed E-state index contributed by atoms with van der Waals surface area (Å²) in [5, 5.41) is 0. The first-order chi connectivity index (χ1) is 11.1. The van der Waals surface area contributed by atoms with Gasteiger partial charge in [0, 0.05) is 6.07 Å². The van der Waals surface area contributed by atoms with Crippen molar-refractivity contribution in [3.63, 3.8) is 0 Å². The summed E-state index contributed by atoms with van der Waals surface area (Å²) in [5.41, 5.74) is -0.594. The summed E-state index contributed by atoms with van der Waals surface area (Å²) in [5.74, 6) is 0. The van der Waals surface area contributed by atoms with E-state index >= 15 is 0 Å². The predicted molar refractivity (Wildman–Crippen MR) is 88.2 cm³/mol. The molecule has 0 fully saturated rings. The third-order valence-corrected chi connectivity index (χ3v) is 5.82. The Labute approximate surface area is 136 Å². The maximum atomic E-state index is 13.1. The minimum Gasteiger partial charge on any atom is -0.166 e. The summed E-state index contributed by atoms with van der Waals surface area (Å²) < 4.78 is 39.2. The molecule has 0 bridgehead atoms. The molecule has 0 N–H and O–H groups in total. The lowest BCUT2D eigenvalue weighted by molar-refractivity contribution is -0.137. The van der Waals surface area contributed by atoms with Crippen molar-refractivity contribution in [2.45, 2.75) is 28.8 Å². The topological polar surface area (TPSA) is 0 Å². The van der Waals surface area contributed by atoms with Gasteiger partial charge in [0.05, 0.1) is 16.5 Å². The molecule has 0 radical (unpaired) electrons. The fraction of sp³-hybridized carbons (Fsp3) is 0.158. The molecule has 1 atom stereocenters. The number of hydrogen-bond acceptors (Lipinski definition) is 0. The molecule has 0 saturated carbocycles. The van der Waals surface area contributed by atoms with Gasteiger partial charge in [0.1, 0.15) is 0 Å². The highest BCUT2D eigenvalue weighted by Gasteiger charge is 2.35. The Morgan fingerprint density at radius 2 is 1.57 bits per heavy atom. The van der Waals surface area contributed by atoms with Crippen molar-refractivity contribution >= 4 is 10.9 Å². The summed E-state index contributed by atoms with van der Waals surface area (Å²) in [4.78, 5) is 2.82. The van der Waals surface area contributed by atoms with Gasteiger partial charge in [0.15, 0.2) is 14.7 Å². The predicted octanol–water partition coefficient (Wildman–Crippen LogP) is 5.98. The van der Waals surface area contributed by atoms with Gasteiger partial charge in [-0.1, -0.05) is 30.3 Å². The summed E-state index contributed by atoms with van der Waals surface area (Å²) in [6.45, 7) is 0. The van der Waals surface area contributed by atoms with E-state index < -0.39 is 22.6 Å². The first-order valence-electron chi connectivity index (χ1n) is 7.39. The molecule has 1 aliphatic carbocycles. The first kappa shape index (κ1) is 15.9. The lowest BCUT2D eigenvalue weighted by atomic mass is 10.2. The second-order valence-corrected chi connectivity index (χ2v) is 7.26. The van der Waals surface area contributed by atoms with E-state index in [-0.39, 0.29) is 0 Å². The molecule has 0 spiro atoms. The van der Waals surface area contributed by atoms with Crippen LogP contribution >= 0.6 is 0 Å². The minimum absolute atomic E-state index is 0.508. The maximum Gasteiger partial charge on any atom is 0.416 e. The molecule has 0 saturated heterocycles. The van der Waals surface area contributed by atoms with Crippen LogP contribution in [0.25, 0.3) is 0 Å². The Morgan fingerprint density at radius 3 is 2.22 bits per heavy atom. The van der Waals surface area contributed by atoms with Crippen LogP contribution in [0.2, 0.25) is 0 Å². The van der Waals surface area contributed by atoms with Crippen molar-refractivity contribution in [2.75, 3.05) is 0 Å². The van der Waals surface area contributed by atoms with E-state index in [0.717, 1.165) is 28.7 Å². The first-order valence-corrected chi connectivity index (χ1v) is 8.61. The second-order valence-electron chi connectivity index (χ2n) is 5.23. The van der Waals surface area contributed by atoms with Crippen molar-refractivity contribution in [1.82, 2.24) is 0 Å². The van der Waals surface area contributed by atoms with Crippen LogP contribution in [0.1, 0.15) is 18.4 Å². The largest absolute Gasteiger partial charge is 0.416 e. The van der Waals surface area contributed by atoms with E-state index in [1.54, 1.807) is 6.07 Å². The number of halogens is 3. The van der Waals surface area contributed by atoms with E-state index in [0.29, 0.717) is 4.90 Å². The zero-order valence-electron chi connectivity index (χ0n) is 12.4. The number of hydrogen-bond donors (Lipinski definition) is 0. The lowest BCUT2D eigenvalue weighted by Crippen LogP contribution is -2.10. The zero-order chi connectivity index (χ0) is 16.3. The van der Waals surface area contributed by atoms with E-state index in [2.05, 4.69) is 12.2 Å². The van der Waals surface area contributed by atoms with Gasteiger partial charge < -0.3 is 0 Å². The van der Waals surface area contributed by atoms with Crippen LogP contribution in [0.15, 0.2) is 87.5 Å². The average molecular weight is 333 g/mol. The van der Waals surface area contributed by atoms with Gasteiger partial charge in [-0.15, -0.1) is 0 Å². The fourth-order valence-electron chi connectivity index (χ4n) is 2.50. The van der Waals surface area contributed by atoms with Gasteiger partial charge in [0.25, 0.3) is 0 Å². The van der Waals surface area contributed by atoms with Crippen molar-refractivity contribution in [3.05, 3.63) is 83.3 Å². The van der Waals surface area contributed by atoms with E-state index in [1.807, 2.05) is 36.4 Å². The molecule has 1 aliphatic rings. The standard InChI is InChI=1S/C19H16F3S/c20-19(21,22)15-8-7-13-18(14-15)23(16-9-3-1-4-10-16)17-11-5-2-6-12-17/h1,3-5,7-14H,2,6H2/q+1. The molecule has 118 valence electrons. The van der Waals surface area contributed by atoms with Crippen molar-refractivity contribution in [1.29, 1.82) is 0 Å². The monoisotopic (exact) mass is 333 g/mol. The molecular formula is C19H16F3S+. The molecule has 0 amide bonds. The molecule has 2 aromatic rings. The van der Waals surface area contributed by atoms with Gasteiger partial charge in [-0.05, 0) is 49.3 Å². The smallest absolute Gasteiger partial charge is 0.166 e. The zero-order valence-corrected chi connectivity index (χ0v) is 13.2. The molecule has 0 heterocycles. The van der Waals surface area contributed by atoms with Crippen LogP contribution in [0, 0.1) is 0 Å². The fourth-order valence-corrected chi connectivity index (χ4v) is 4.73.